The van der Waals surface area contributed by atoms with Crippen LogP contribution in [0.3, 0.4) is 0 Å². The molecule has 0 fully saturated rings. The molecule has 6 heteroatoms. The Hall–Kier alpha value is -1.14. The quantitative estimate of drug-likeness (QED) is 0.599. The summed E-state index contributed by atoms with van der Waals surface area (Å²) < 4.78 is 19.8. The Kier molecular flexibility index (Phi) is 5.99. The number of ether oxygens (including phenoxy) is 1. The van der Waals surface area contributed by atoms with E-state index in [1.54, 1.807) is 30.3 Å². The van der Waals surface area contributed by atoms with Gasteiger partial charge in [-0.2, -0.15) is 0 Å². The number of nitrogens with one attached hydrogen (secondary N) is 1. The van der Waals surface area contributed by atoms with Gasteiger partial charge in [0, 0.05) is 9.50 Å². The molecule has 0 heterocycles. The number of benzene rings is 2. The molecule has 0 aliphatic heterocycles. The molecule has 3 nitrogen and oxygen atoms in total. The normalized spacial score (nSPS) is 12.2. The van der Waals surface area contributed by atoms with E-state index in [4.69, 9.17) is 22.2 Å². The van der Waals surface area contributed by atoms with Crippen molar-refractivity contribution in [3.63, 3.8) is 0 Å². The van der Waals surface area contributed by atoms with E-state index in [2.05, 4.69) is 21.4 Å². The largest absolute Gasteiger partial charge is 0.492 e. The summed E-state index contributed by atoms with van der Waals surface area (Å²) >= 11 is 9.21. The number of nitrogens with two attached hydrogens (primary N) is 1. The highest BCUT2D eigenvalue weighted by Crippen LogP contribution is 2.20. The maximum atomic E-state index is 13.3. The minimum atomic E-state index is -0.275. The lowest BCUT2D eigenvalue weighted by Crippen LogP contribution is -2.41. The van der Waals surface area contributed by atoms with Crippen LogP contribution in [0.2, 0.25) is 5.02 Å². The van der Waals surface area contributed by atoms with Crippen molar-refractivity contribution in [2.75, 3.05) is 6.61 Å². The van der Waals surface area contributed by atoms with Crippen LogP contribution in [0.15, 0.2) is 46.9 Å². The predicted octanol–water partition coefficient (Wildman–Crippen LogP) is 3.70. The molecule has 2 rings (SSSR count). The SMILES string of the molecule is NNC(COc1ccc(Cl)cc1)Cc1cc(F)ccc1Br. The zero-order valence-corrected chi connectivity index (χ0v) is 13.5. The molecule has 1 atom stereocenters. The Morgan fingerprint density at radius 1 is 1.24 bits per heavy atom. The summed E-state index contributed by atoms with van der Waals surface area (Å²) in [6.45, 7) is 0.362. The number of rotatable bonds is 6. The first-order chi connectivity index (χ1) is 10.1. The van der Waals surface area contributed by atoms with Crippen LogP contribution in [0.25, 0.3) is 0 Å². The van der Waals surface area contributed by atoms with Crippen LogP contribution in [-0.4, -0.2) is 12.6 Å². The zero-order valence-electron chi connectivity index (χ0n) is 11.2. The maximum absolute atomic E-state index is 13.3. The van der Waals surface area contributed by atoms with E-state index in [9.17, 15) is 4.39 Å². The van der Waals surface area contributed by atoms with Crippen LogP contribution in [0.4, 0.5) is 4.39 Å². The molecule has 112 valence electrons. The minimum absolute atomic E-state index is 0.140. The Morgan fingerprint density at radius 2 is 1.95 bits per heavy atom. The average molecular weight is 374 g/mol. The summed E-state index contributed by atoms with van der Waals surface area (Å²) in [5.41, 5.74) is 3.52. The highest BCUT2D eigenvalue weighted by atomic mass is 79.9. The van der Waals surface area contributed by atoms with Crippen LogP contribution >= 0.6 is 27.5 Å². The Balaban J connectivity index is 1.96. The molecule has 0 aliphatic rings. The van der Waals surface area contributed by atoms with Gasteiger partial charge in [-0.1, -0.05) is 27.5 Å². The molecule has 21 heavy (non-hydrogen) atoms. The van der Waals surface area contributed by atoms with Gasteiger partial charge in [-0.15, -0.1) is 0 Å². The number of hydrogen-bond acceptors (Lipinski definition) is 3. The second-order valence-electron chi connectivity index (χ2n) is 4.57. The van der Waals surface area contributed by atoms with Crippen molar-refractivity contribution in [1.29, 1.82) is 0 Å². The fraction of sp³-hybridized carbons (Fsp3) is 0.200. The maximum Gasteiger partial charge on any atom is 0.123 e. The second-order valence-corrected chi connectivity index (χ2v) is 5.86. The monoisotopic (exact) mass is 372 g/mol. The Labute approximate surface area is 136 Å². The molecule has 1 unspecified atom stereocenters. The standard InChI is InChI=1S/C15H15BrClFN2O/c16-15-6-3-12(18)7-10(15)8-13(20-19)9-21-14-4-1-11(17)2-5-14/h1-7,13,20H,8-9,19H2. The molecule has 0 radical (unpaired) electrons. The van der Waals surface area contributed by atoms with Gasteiger partial charge in [0.25, 0.3) is 0 Å². The lowest BCUT2D eigenvalue weighted by atomic mass is 10.1. The molecule has 0 aliphatic carbocycles. The molecule has 0 amide bonds. The summed E-state index contributed by atoms with van der Waals surface area (Å²) in [5.74, 6) is 5.97. The topological polar surface area (TPSA) is 47.3 Å². The van der Waals surface area contributed by atoms with Gasteiger partial charge in [0.15, 0.2) is 0 Å². The van der Waals surface area contributed by atoms with Crippen LogP contribution < -0.4 is 16.0 Å². The van der Waals surface area contributed by atoms with Crippen molar-refractivity contribution in [3.05, 3.63) is 63.3 Å². The van der Waals surface area contributed by atoms with E-state index in [1.165, 1.54) is 12.1 Å². The molecule has 3 N–H and O–H groups in total. The molecule has 0 saturated heterocycles. The highest BCUT2D eigenvalue weighted by Gasteiger charge is 2.12. The van der Waals surface area contributed by atoms with Gasteiger partial charge in [-0.25, -0.2) is 4.39 Å². The third kappa shape index (κ3) is 4.97. The molecular formula is C15H15BrClFN2O. The van der Waals surface area contributed by atoms with E-state index >= 15 is 0 Å². The third-order valence-corrected chi connectivity index (χ3v) is 4.00. The molecule has 2 aromatic carbocycles. The smallest absolute Gasteiger partial charge is 0.123 e. The van der Waals surface area contributed by atoms with Gasteiger partial charge in [0.2, 0.25) is 0 Å². The fourth-order valence-electron chi connectivity index (χ4n) is 1.86. The van der Waals surface area contributed by atoms with Gasteiger partial charge in [0.1, 0.15) is 18.2 Å². The van der Waals surface area contributed by atoms with Crippen LogP contribution in [0, 0.1) is 5.82 Å². The van der Waals surface area contributed by atoms with E-state index < -0.39 is 0 Å². The van der Waals surface area contributed by atoms with E-state index in [0.29, 0.717) is 23.8 Å². The van der Waals surface area contributed by atoms with Crippen LogP contribution in [0.1, 0.15) is 5.56 Å². The first-order valence-electron chi connectivity index (χ1n) is 6.37. The van der Waals surface area contributed by atoms with Gasteiger partial charge in [-0.3, -0.25) is 11.3 Å². The molecule has 0 spiro atoms. The number of hydrogen-bond donors (Lipinski definition) is 2. The summed E-state index contributed by atoms with van der Waals surface area (Å²) in [4.78, 5) is 0. The van der Waals surface area contributed by atoms with E-state index in [0.717, 1.165) is 10.0 Å². The van der Waals surface area contributed by atoms with E-state index in [1.807, 2.05) is 0 Å². The minimum Gasteiger partial charge on any atom is -0.492 e. The van der Waals surface area contributed by atoms with Crippen molar-refractivity contribution in [1.82, 2.24) is 5.43 Å². The zero-order chi connectivity index (χ0) is 15.2. The summed E-state index contributed by atoms with van der Waals surface area (Å²) in [7, 11) is 0. The van der Waals surface area contributed by atoms with Crippen LogP contribution in [0.5, 0.6) is 5.75 Å². The highest BCUT2D eigenvalue weighted by molar-refractivity contribution is 9.10. The molecular weight excluding hydrogens is 359 g/mol. The van der Waals surface area contributed by atoms with Crippen LogP contribution in [-0.2, 0) is 6.42 Å². The molecule has 0 aromatic heterocycles. The predicted molar refractivity (Wildman–Crippen MR) is 85.9 cm³/mol. The van der Waals surface area contributed by atoms with Crippen molar-refractivity contribution in [2.45, 2.75) is 12.5 Å². The van der Waals surface area contributed by atoms with E-state index in [-0.39, 0.29) is 11.9 Å². The molecule has 2 aromatic rings. The number of halogens is 3. The third-order valence-electron chi connectivity index (χ3n) is 2.97. The lowest BCUT2D eigenvalue weighted by Gasteiger charge is -2.17. The van der Waals surface area contributed by atoms with Crippen molar-refractivity contribution >= 4 is 27.5 Å². The van der Waals surface area contributed by atoms with Crippen molar-refractivity contribution in [3.8, 4) is 5.75 Å². The Bertz CT molecular complexity index is 595. The lowest BCUT2D eigenvalue weighted by molar-refractivity contribution is 0.264. The fourth-order valence-corrected chi connectivity index (χ4v) is 2.39. The summed E-state index contributed by atoms with van der Waals surface area (Å²) in [5, 5.41) is 0.652. The van der Waals surface area contributed by atoms with Crippen molar-refractivity contribution in [2.24, 2.45) is 5.84 Å². The van der Waals surface area contributed by atoms with Gasteiger partial charge in [0.05, 0.1) is 6.04 Å². The Morgan fingerprint density at radius 3 is 2.62 bits per heavy atom. The molecule has 0 bridgehead atoms. The van der Waals surface area contributed by atoms with Gasteiger partial charge in [-0.05, 0) is 54.4 Å². The summed E-state index contributed by atoms with van der Waals surface area (Å²) in [6, 6.07) is 11.5. The van der Waals surface area contributed by atoms with Crippen molar-refractivity contribution < 1.29 is 9.13 Å². The molecule has 0 saturated carbocycles. The van der Waals surface area contributed by atoms with Gasteiger partial charge >= 0.3 is 0 Å². The second kappa shape index (κ2) is 7.75. The summed E-state index contributed by atoms with van der Waals surface area (Å²) in [6.07, 6.45) is 0.544. The van der Waals surface area contributed by atoms with Gasteiger partial charge < -0.3 is 4.74 Å². The average Bonchev–Trinajstić information content (AvgIpc) is 2.48. The first kappa shape index (κ1) is 16.2. The number of hydrazine groups is 1. The first-order valence-corrected chi connectivity index (χ1v) is 7.54.